The summed E-state index contributed by atoms with van der Waals surface area (Å²) in [6.45, 7) is 0. The summed E-state index contributed by atoms with van der Waals surface area (Å²) in [5.41, 5.74) is 18.8. The first-order valence-corrected chi connectivity index (χ1v) is 21.7. The highest BCUT2D eigenvalue weighted by Crippen LogP contribution is 2.61. The highest BCUT2D eigenvalue weighted by molar-refractivity contribution is 6.18. The van der Waals surface area contributed by atoms with Gasteiger partial charge in [0.25, 0.3) is 0 Å². The lowest BCUT2D eigenvalue weighted by Crippen LogP contribution is -2.28. The van der Waals surface area contributed by atoms with E-state index in [0.717, 1.165) is 44.6 Å². The van der Waals surface area contributed by atoms with Crippen LogP contribution < -0.4 is 4.90 Å². The fraction of sp³-hybridized carbons (Fsp3) is 0.0164. The normalized spacial score (nSPS) is 12.6. The number of rotatable bonds is 8. The molecule has 2 nitrogen and oxygen atoms in total. The SMILES string of the molecule is c1ccc(-c2ccc(N(c3ccc(-c4ccccc4)cc3)c3ccc4c(c3)-c3c(cc5oc6ccccc6c5c3-c3ccccc3)C4(c3ccccc3)c3ccccc3)cc2)cc1. The zero-order valence-corrected chi connectivity index (χ0v) is 34.5. The molecule has 2 heteroatoms. The van der Waals surface area contributed by atoms with Crippen LogP contribution in [-0.4, -0.2) is 0 Å². The highest BCUT2D eigenvalue weighted by atomic mass is 16.3. The van der Waals surface area contributed by atoms with Gasteiger partial charge in [-0.3, -0.25) is 0 Å². The summed E-state index contributed by atoms with van der Waals surface area (Å²) in [7, 11) is 0. The summed E-state index contributed by atoms with van der Waals surface area (Å²) in [5.74, 6) is 0. The Balaban J connectivity index is 1.16. The van der Waals surface area contributed by atoms with Crippen molar-refractivity contribution >= 4 is 39.0 Å². The Morgan fingerprint density at radius 1 is 0.317 bits per heavy atom. The van der Waals surface area contributed by atoms with Crippen molar-refractivity contribution < 1.29 is 4.42 Å². The number of hydrogen-bond donors (Lipinski definition) is 0. The van der Waals surface area contributed by atoms with Crippen LogP contribution >= 0.6 is 0 Å². The molecule has 11 aromatic rings. The van der Waals surface area contributed by atoms with Crippen molar-refractivity contribution in [2.75, 3.05) is 4.90 Å². The molecule has 1 aliphatic carbocycles. The maximum atomic E-state index is 6.86. The molecule has 63 heavy (non-hydrogen) atoms. The molecule has 1 aromatic heterocycles. The molecule has 0 fully saturated rings. The lowest BCUT2D eigenvalue weighted by Gasteiger charge is -2.34. The van der Waals surface area contributed by atoms with Gasteiger partial charge in [0.2, 0.25) is 0 Å². The summed E-state index contributed by atoms with van der Waals surface area (Å²) in [4.78, 5) is 2.41. The Labute approximate surface area is 367 Å². The molecule has 0 atom stereocenters. The monoisotopic (exact) mass is 803 g/mol. The first-order chi connectivity index (χ1) is 31.3. The molecule has 0 spiro atoms. The summed E-state index contributed by atoms with van der Waals surface area (Å²) >= 11 is 0. The number of para-hydroxylation sites is 1. The number of fused-ring (bicyclic) bond motifs is 6. The average Bonchev–Trinajstić information content (AvgIpc) is 3.88. The van der Waals surface area contributed by atoms with Crippen molar-refractivity contribution in [3.63, 3.8) is 0 Å². The minimum atomic E-state index is -0.637. The number of furan rings is 1. The van der Waals surface area contributed by atoms with Crippen LogP contribution in [0, 0.1) is 0 Å². The van der Waals surface area contributed by atoms with Crippen LogP contribution in [0.3, 0.4) is 0 Å². The molecule has 0 radical (unpaired) electrons. The second kappa shape index (κ2) is 15.1. The van der Waals surface area contributed by atoms with Gasteiger partial charge in [-0.1, -0.05) is 200 Å². The van der Waals surface area contributed by atoms with Gasteiger partial charge in [-0.25, -0.2) is 0 Å². The fourth-order valence-corrected chi connectivity index (χ4v) is 10.2. The molecule has 1 aliphatic rings. The zero-order chi connectivity index (χ0) is 41.7. The fourth-order valence-electron chi connectivity index (χ4n) is 10.2. The molecule has 0 saturated heterocycles. The van der Waals surface area contributed by atoms with Crippen LogP contribution in [-0.2, 0) is 5.41 Å². The maximum Gasteiger partial charge on any atom is 0.136 e. The van der Waals surface area contributed by atoms with Crippen molar-refractivity contribution in [3.8, 4) is 44.5 Å². The molecular formula is C61H41NO. The smallest absolute Gasteiger partial charge is 0.136 e. The zero-order valence-electron chi connectivity index (χ0n) is 34.5. The molecule has 12 rings (SSSR count). The van der Waals surface area contributed by atoms with E-state index in [0.29, 0.717) is 0 Å². The first-order valence-electron chi connectivity index (χ1n) is 21.7. The topological polar surface area (TPSA) is 16.4 Å². The Bertz CT molecular complexity index is 3270. The molecule has 0 unspecified atom stereocenters. The minimum absolute atomic E-state index is 0.637. The third-order valence-electron chi connectivity index (χ3n) is 12.9. The predicted molar refractivity (Wildman–Crippen MR) is 262 cm³/mol. The number of hydrogen-bond acceptors (Lipinski definition) is 2. The van der Waals surface area contributed by atoms with Crippen LogP contribution in [0.4, 0.5) is 17.1 Å². The van der Waals surface area contributed by atoms with Crippen molar-refractivity contribution in [3.05, 3.63) is 271 Å². The van der Waals surface area contributed by atoms with E-state index in [1.165, 1.54) is 61.2 Å². The van der Waals surface area contributed by atoms with Gasteiger partial charge in [-0.15, -0.1) is 0 Å². The second-order valence-corrected chi connectivity index (χ2v) is 16.4. The standard InChI is InChI=1S/C61H41NO/c1-6-18-42(19-7-1)44-30-34-49(35-31-44)62(50-36-32-45(33-37-50)43-20-8-2-9-21-43)51-38-39-54-53(40-51)59-55(61(54,47-24-12-4-13-25-47)48-26-14-5-15-27-48)41-57-60(52-28-16-17-29-56(52)63-57)58(59)46-22-10-3-11-23-46/h1-41H. The molecule has 0 bridgehead atoms. The number of anilines is 3. The van der Waals surface area contributed by atoms with E-state index in [2.05, 4.69) is 254 Å². The molecule has 10 aromatic carbocycles. The second-order valence-electron chi connectivity index (χ2n) is 16.4. The van der Waals surface area contributed by atoms with E-state index < -0.39 is 5.41 Å². The Hall–Kier alpha value is -8.20. The van der Waals surface area contributed by atoms with E-state index in [4.69, 9.17) is 4.42 Å². The van der Waals surface area contributed by atoms with Gasteiger partial charge < -0.3 is 9.32 Å². The van der Waals surface area contributed by atoms with Crippen LogP contribution in [0.25, 0.3) is 66.4 Å². The summed E-state index contributed by atoms with van der Waals surface area (Å²) in [6, 6.07) is 90.1. The van der Waals surface area contributed by atoms with Crippen LogP contribution in [0.15, 0.2) is 253 Å². The quantitative estimate of drug-likeness (QED) is 0.152. The molecule has 296 valence electrons. The lowest BCUT2D eigenvalue weighted by molar-refractivity contribution is 0.666. The average molecular weight is 804 g/mol. The van der Waals surface area contributed by atoms with E-state index in [-0.39, 0.29) is 0 Å². The van der Waals surface area contributed by atoms with Crippen molar-refractivity contribution in [2.24, 2.45) is 0 Å². The lowest BCUT2D eigenvalue weighted by atomic mass is 9.67. The van der Waals surface area contributed by atoms with Gasteiger partial charge in [-0.2, -0.15) is 0 Å². The molecule has 1 heterocycles. The summed E-state index contributed by atoms with van der Waals surface area (Å²) in [5, 5.41) is 2.25. The third kappa shape index (κ3) is 5.95. The predicted octanol–water partition coefficient (Wildman–Crippen LogP) is 16.4. The highest BCUT2D eigenvalue weighted by Gasteiger charge is 2.48. The van der Waals surface area contributed by atoms with Crippen LogP contribution in [0.5, 0.6) is 0 Å². The molecule has 0 N–H and O–H groups in total. The molecule has 0 amide bonds. The number of benzene rings is 10. The van der Waals surface area contributed by atoms with Crippen molar-refractivity contribution in [2.45, 2.75) is 5.41 Å². The van der Waals surface area contributed by atoms with Crippen molar-refractivity contribution in [1.82, 2.24) is 0 Å². The van der Waals surface area contributed by atoms with E-state index in [1.807, 2.05) is 0 Å². The van der Waals surface area contributed by atoms with E-state index in [9.17, 15) is 0 Å². The van der Waals surface area contributed by atoms with Gasteiger partial charge in [0, 0.05) is 33.4 Å². The van der Waals surface area contributed by atoms with Gasteiger partial charge in [0.05, 0.1) is 5.41 Å². The largest absolute Gasteiger partial charge is 0.456 e. The van der Waals surface area contributed by atoms with Crippen molar-refractivity contribution in [1.29, 1.82) is 0 Å². The van der Waals surface area contributed by atoms with Gasteiger partial charge in [0.1, 0.15) is 11.2 Å². The first kappa shape index (κ1) is 36.6. The van der Waals surface area contributed by atoms with Crippen LogP contribution in [0.2, 0.25) is 0 Å². The Morgan fingerprint density at radius 2 is 0.762 bits per heavy atom. The van der Waals surface area contributed by atoms with Crippen LogP contribution in [0.1, 0.15) is 22.3 Å². The summed E-state index contributed by atoms with van der Waals surface area (Å²) in [6.07, 6.45) is 0. The summed E-state index contributed by atoms with van der Waals surface area (Å²) < 4.78 is 6.86. The van der Waals surface area contributed by atoms with E-state index >= 15 is 0 Å². The van der Waals surface area contributed by atoms with E-state index in [1.54, 1.807) is 0 Å². The Kier molecular flexibility index (Phi) is 8.76. The van der Waals surface area contributed by atoms with Gasteiger partial charge in [-0.05, 0) is 110 Å². The Morgan fingerprint density at radius 3 is 1.30 bits per heavy atom. The third-order valence-corrected chi connectivity index (χ3v) is 12.9. The van der Waals surface area contributed by atoms with Gasteiger partial charge >= 0.3 is 0 Å². The maximum absolute atomic E-state index is 6.86. The number of nitrogens with zero attached hydrogens (tertiary/aromatic N) is 1. The molecule has 0 aliphatic heterocycles. The minimum Gasteiger partial charge on any atom is -0.456 e. The molecule has 0 saturated carbocycles. The molecular weight excluding hydrogens is 763 g/mol. The van der Waals surface area contributed by atoms with Gasteiger partial charge in [0.15, 0.2) is 0 Å².